The molecule has 0 radical (unpaired) electrons. The predicted octanol–water partition coefficient (Wildman–Crippen LogP) is 6.26. The fourth-order valence-corrected chi connectivity index (χ4v) is 8.22. The van der Waals surface area contributed by atoms with Crippen LogP contribution in [0.1, 0.15) is 92.9 Å². The molecule has 3 nitrogen and oxygen atoms in total. The van der Waals surface area contributed by atoms with Gasteiger partial charge in [-0.25, -0.2) is 0 Å². The Morgan fingerprint density at radius 2 is 1.08 bits per heavy atom. The maximum Gasteiger partial charge on any atom is 0.320 e. The molecule has 1 atom stereocenters. The molecule has 0 amide bonds. The van der Waals surface area contributed by atoms with Gasteiger partial charge in [0.15, 0.2) is 0 Å². The predicted molar refractivity (Wildman–Crippen MR) is 116 cm³/mol. The molecule has 0 aliphatic rings. The van der Waals surface area contributed by atoms with Crippen LogP contribution in [0.3, 0.4) is 0 Å². The van der Waals surface area contributed by atoms with Crippen molar-refractivity contribution in [3.63, 3.8) is 0 Å². The zero-order valence-electron chi connectivity index (χ0n) is 18.0. The van der Waals surface area contributed by atoms with E-state index in [0.717, 1.165) is 0 Å². The summed E-state index contributed by atoms with van der Waals surface area (Å²) < 4.78 is 0. The average molecular weight is 377 g/mol. The summed E-state index contributed by atoms with van der Waals surface area (Å²) in [7, 11) is -0.562. The van der Waals surface area contributed by atoms with Crippen molar-refractivity contribution in [2.45, 2.75) is 99.0 Å². The summed E-state index contributed by atoms with van der Waals surface area (Å²) in [6.07, 6.45) is 17.9. The molecular formula is C21H47NO2P+. The van der Waals surface area contributed by atoms with Gasteiger partial charge in [-0.05, 0) is 31.6 Å². The van der Waals surface area contributed by atoms with E-state index in [1.807, 2.05) is 0 Å². The summed E-state index contributed by atoms with van der Waals surface area (Å²) in [5.41, 5.74) is 5.16. The minimum absolute atomic E-state index is 0.0208. The van der Waals surface area contributed by atoms with Crippen LogP contribution in [-0.4, -0.2) is 41.8 Å². The second-order valence-electron chi connectivity index (χ2n) is 7.76. The molecule has 0 saturated heterocycles. The zero-order chi connectivity index (χ0) is 19.7. The van der Waals surface area contributed by atoms with Crippen molar-refractivity contribution in [3.05, 3.63) is 0 Å². The fourth-order valence-electron chi connectivity index (χ4n) is 2.93. The highest BCUT2D eigenvalue weighted by Crippen LogP contribution is 2.61. The number of rotatable bonds is 14. The normalized spacial score (nSPS) is 12.6. The van der Waals surface area contributed by atoms with E-state index in [4.69, 9.17) is 10.8 Å². The molecule has 0 fully saturated rings. The molecule has 0 heterocycles. The molecule has 0 aliphatic carbocycles. The number of hydrogen-bond acceptors (Lipinski definition) is 2. The molecule has 25 heavy (non-hydrogen) atoms. The van der Waals surface area contributed by atoms with Gasteiger partial charge in [0.2, 0.25) is 0 Å². The molecule has 152 valence electrons. The van der Waals surface area contributed by atoms with E-state index in [1.165, 1.54) is 51.4 Å². The van der Waals surface area contributed by atoms with E-state index in [1.54, 1.807) is 38.5 Å². The van der Waals surface area contributed by atoms with Gasteiger partial charge < -0.3 is 10.8 Å². The standard InChI is InChI=1S/C16H36P.C5H11NO2/c1-5-9-13-17(14-10-6-2,15-11-7-3)16-12-8-4;1-3(2)4(6)5(7)8/h5-16H2,1-4H3;3-4H,6H2,1-2H3,(H,7,8)/q+1;. The second-order valence-corrected chi connectivity index (χ2v) is 12.2. The van der Waals surface area contributed by atoms with Crippen LogP contribution in [0, 0.1) is 5.92 Å². The van der Waals surface area contributed by atoms with Gasteiger partial charge >= 0.3 is 5.97 Å². The Kier molecular flexibility index (Phi) is 18.7. The second kappa shape index (κ2) is 17.3. The van der Waals surface area contributed by atoms with Gasteiger partial charge in [-0.3, -0.25) is 4.79 Å². The van der Waals surface area contributed by atoms with Crippen LogP contribution >= 0.6 is 7.26 Å². The smallest absolute Gasteiger partial charge is 0.320 e. The number of hydrogen-bond donors (Lipinski definition) is 2. The molecule has 0 spiro atoms. The van der Waals surface area contributed by atoms with Crippen molar-refractivity contribution in [2.24, 2.45) is 11.7 Å². The summed E-state index contributed by atoms with van der Waals surface area (Å²) in [5, 5.41) is 8.23. The van der Waals surface area contributed by atoms with Gasteiger partial charge in [0.05, 0.1) is 24.6 Å². The first-order chi connectivity index (χ1) is 11.8. The Bertz CT molecular complexity index is 271. The molecule has 4 heteroatoms. The van der Waals surface area contributed by atoms with Gasteiger partial charge in [-0.15, -0.1) is 0 Å². The SMILES string of the molecule is CC(C)C(N)C(=O)O.CCCC[P+](CCCC)(CCCC)CCCC. The number of carbonyl (C=O) groups is 1. The van der Waals surface area contributed by atoms with E-state index in [9.17, 15) is 4.79 Å². The lowest BCUT2D eigenvalue weighted by Crippen LogP contribution is -2.34. The van der Waals surface area contributed by atoms with Crippen molar-refractivity contribution >= 4 is 13.2 Å². The quantitative estimate of drug-likeness (QED) is 0.352. The van der Waals surface area contributed by atoms with Gasteiger partial charge in [0, 0.05) is 7.26 Å². The molecule has 0 bridgehead atoms. The first-order valence-electron chi connectivity index (χ1n) is 10.6. The number of carboxylic acid groups (broad SMARTS) is 1. The highest BCUT2D eigenvalue weighted by molar-refractivity contribution is 7.75. The van der Waals surface area contributed by atoms with E-state index in [2.05, 4.69) is 27.7 Å². The molecular weight excluding hydrogens is 329 g/mol. The minimum atomic E-state index is -0.931. The molecule has 0 saturated carbocycles. The van der Waals surface area contributed by atoms with Crippen LogP contribution in [0.2, 0.25) is 0 Å². The van der Waals surface area contributed by atoms with Crippen molar-refractivity contribution in [3.8, 4) is 0 Å². The third-order valence-corrected chi connectivity index (χ3v) is 10.0. The van der Waals surface area contributed by atoms with E-state index in [-0.39, 0.29) is 5.92 Å². The van der Waals surface area contributed by atoms with Gasteiger partial charge in [-0.1, -0.05) is 67.2 Å². The van der Waals surface area contributed by atoms with E-state index >= 15 is 0 Å². The minimum Gasteiger partial charge on any atom is -0.480 e. The van der Waals surface area contributed by atoms with Crippen LogP contribution in [0.5, 0.6) is 0 Å². The van der Waals surface area contributed by atoms with E-state index in [0.29, 0.717) is 0 Å². The number of aliphatic carboxylic acids is 1. The monoisotopic (exact) mass is 376 g/mol. The van der Waals surface area contributed by atoms with Crippen LogP contribution < -0.4 is 5.73 Å². The maximum atomic E-state index is 10.0. The molecule has 0 aromatic rings. The van der Waals surface area contributed by atoms with Crippen LogP contribution in [0.15, 0.2) is 0 Å². The fraction of sp³-hybridized carbons (Fsp3) is 0.952. The largest absolute Gasteiger partial charge is 0.480 e. The Labute approximate surface area is 158 Å². The lowest BCUT2D eigenvalue weighted by Gasteiger charge is -2.28. The highest BCUT2D eigenvalue weighted by atomic mass is 31.2. The van der Waals surface area contributed by atoms with Crippen molar-refractivity contribution in [1.82, 2.24) is 0 Å². The Morgan fingerprint density at radius 1 is 0.800 bits per heavy atom. The summed E-state index contributed by atoms with van der Waals surface area (Å²) >= 11 is 0. The molecule has 0 aromatic carbocycles. The Hall–Kier alpha value is -0.140. The zero-order valence-corrected chi connectivity index (χ0v) is 18.9. The summed E-state index contributed by atoms with van der Waals surface area (Å²) in [4.78, 5) is 10.0. The topological polar surface area (TPSA) is 63.3 Å². The van der Waals surface area contributed by atoms with Crippen LogP contribution in [-0.2, 0) is 4.79 Å². The van der Waals surface area contributed by atoms with Crippen molar-refractivity contribution in [2.75, 3.05) is 24.6 Å². The Morgan fingerprint density at radius 3 is 1.20 bits per heavy atom. The van der Waals surface area contributed by atoms with Crippen molar-refractivity contribution < 1.29 is 9.90 Å². The van der Waals surface area contributed by atoms with Gasteiger partial charge in [0.1, 0.15) is 6.04 Å². The molecule has 0 aromatic heterocycles. The first kappa shape index (κ1) is 27.1. The molecule has 0 aliphatic heterocycles. The number of carboxylic acids is 1. The van der Waals surface area contributed by atoms with E-state index < -0.39 is 19.3 Å². The van der Waals surface area contributed by atoms with Gasteiger partial charge in [-0.2, -0.15) is 0 Å². The molecule has 1 unspecified atom stereocenters. The van der Waals surface area contributed by atoms with Gasteiger partial charge in [0.25, 0.3) is 0 Å². The third kappa shape index (κ3) is 14.7. The number of nitrogens with two attached hydrogens (primary N) is 1. The third-order valence-electron chi connectivity index (χ3n) is 4.95. The Balaban J connectivity index is 0. The lowest BCUT2D eigenvalue weighted by atomic mass is 10.1. The number of unbranched alkanes of at least 4 members (excludes halogenated alkanes) is 4. The first-order valence-corrected chi connectivity index (χ1v) is 13.2. The van der Waals surface area contributed by atoms with Crippen LogP contribution in [0.4, 0.5) is 0 Å². The summed E-state index contributed by atoms with van der Waals surface area (Å²) in [6, 6.07) is -0.713. The molecule has 0 rings (SSSR count). The average Bonchev–Trinajstić information content (AvgIpc) is 2.60. The highest BCUT2D eigenvalue weighted by Gasteiger charge is 2.34. The maximum absolute atomic E-state index is 10.0. The van der Waals surface area contributed by atoms with Crippen LogP contribution in [0.25, 0.3) is 0 Å². The summed E-state index contributed by atoms with van der Waals surface area (Å²) in [5.74, 6) is -0.910. The van der Waals surface area contributed by atoms with Crippen molar-refractivity contribution in [1.29, 1.82) is 0 Å². The lowest BCUT2D eigenvalue weighted by molar-refractivity contribution is -0.139. The summed E-state index contributed by atoms with van der Waals surface area (Å²) in [6.45, 7) is 13.0. The molecule has 3 N–H and O–H groups in total.